The number of sulfonamides is 1. The Bertz CT molecular complexity index is 490. The summed E-state index contributed by atoms with van der Waals surface area (Å²) >= 11 is 11.7. The first-order valence-corrected chi connectivity index (χ1v) is 7.19. The average Bonchev–Trinajstić information content (AvgIpc) is 2.29. The summed E-state index contributed by atoms with van der Waals surface area (Å²) in [7, 11) is -3.71. The van der Waals surface area contributed by atoms with Crippen molar-refractivity contribution in [3.05, 3.63) is 28.2 Å². The van der Waals surface area contributed by atoms with Gasteiger partial charge in [-0.1, -0.05) is 36.2 Å². The Kier molecular flexibility index (Phi) is 5.22. The van der Waals surface area contributed by atoms with Gasteiger partial charge in [0.25, 0.3) is 0 Å². The summed E-state index contributed by atoms with van der Waals surface area (Å²) in [6, 6.07) is 4.43. The summed E-state index contributed by atoms with van der Waals surface area (Å²) in [6.07, 6.45) is 0. The predicted molar refractivity (Wildman–Crippen MR) is 68.0 cm³/mol. The SMILES string of the molecule is CCN(CCO)S(=O)(=O)c1cccc(Cl)c1Cl. The molecule has 4 nitrogen and oxygen atoms in total. The number of nitrogens with zero attached hydrogens (tertiary/aromatic N) is 1. The molecule has 17 heavy (non-hydrogen) atoms. The molecule has 0 aliphatic carbocycles. The molecule has 0 spiro atoms. The van der Waals surface area contributed by atoms with Crippen molar-refractivity contribution in [2.75, 3.05) is 19.7 Å². The van der Waals surface area contributed by atoms with Crippen molar-refractivity contribution < 1.29 is 13.5 Å². The van der Waals surface area contributed by atoms with Gasteiger partial charge in [-0.3, -0.25) is 0 Å². The summed E-state index contributed by atoms with van der Waals surface area (Å²) in [6.45, 7) is 1.73. The van der Waals surface area contributed by atoms with Gasteiger partial charge in [0.1, 0.15) is 4.90 Å². The zero-order chi connectivity index (χ0) is 13.1. The second kappa shape index (κ2) is 6.02. The maximum absolute atomic E-state index is 12.2. The second-order valence-corrected chi connectivity index (χ2v) is 5.96. The summed E-state index contributed by atoms with van der Waals surface area (Å²) in [5.74, 6) is 0. The number of benzene rings is 1. The van der Waals surface area contributed by atoms with Crippen LogP contribution in [-0.2, 0) is 10.0 Å². The zero-order valence-electron chi connectivity index (χ0n) is 9.23. The average molecular weight is 298 g/mol. The molecule has 0 unspecified atom stereocenters. The lowest BCUT2D eigenvalue weighted by Crippen LogP contribution is -2.33. The maximum Gasteiger partial charge on any atom is 0.244 e. The van der Waals surface area contributed by atoms with Gasteiger partial charge in [-0.25, -0.2) is 8.42 Å². The molecular formula is C10H13Cl2NO3S. The number of aliphatic hydroxyl groups is 1. The van der Waals surface area contributed by atoms with Crippen LogP contribution < -0.4 is 0 Å². The Morgan fingerprint density at radius 3 is 2.53 bits per heavy atom. The molecule has 0 fully saturated rings. The minimum atomic E-state index is -3.71. The Morgan fingerprint density at radius 1 is 1.35 bits per heavy atom. The van der Waals surface area contributed by atoms with Crippen LogP contribution in [0.25, 0.3) is 0 Å². The molecule has 1 aromatic rings. The summed E-state index contributed by atoms with van der Waals surface area (Å²) in [4.78, 5) is -0.0398. The van der Waals surface area contributed by atoms with Gasteiger partial charge in [0.15, 0.2) is 0 Å². The molecule has 1 aromatic carbocycles. The molecule has 96 valence electrons. The molecule has 0 radical (unpaired) electrons. The minimum absolute atomic E-state index is 0.00514. The van der Waals surface area contributed by atoms with Crippen LogP contribution in [0.5, 0.6) is 0 Å². The van der Waals surface area contributed by atoms with Gasteiger partial charge >= 0.3 is 0 Å². The molecule has 0 aromatic heterocycles. The summed E-state index contributed by atoms with van der Waals surface area (Å²) < 4.78 is 25.5. The van der Waals surface area contributed by atoms with Crippen LogP contribution in [0.15, 0.2) is 23.1 Å². The smallest absolute Gasteiger partial charge is 0.244 e. The van der Waals surface area contributed by atoms with E-state index in [1.807, 2.05) is 0 Å². The highest BCUT2D eigenvalue weighted by Gasteiger charge is 2.25. The van der Waals surface area contributed by atoms with E-state index in [4.69, 9.17) is 28.3 Å². The maximum atomic E-state index is 12.2. The molecule has 1 N–H and O–H groups in total. The first-order chi connectivity index (χ1) is 7.95. The number of likely N-dealkylation sites (N-methyl/N-ethyl adjacent to an activating group) is 1. The standard InChI is InChI=1S/C10H13Cl2NO3S/c1-2-13(6-7-14)17(15,16)9-5-3-4-8(11)10(9)12/h3-5,14H,2,6-7H2,1H3. The number of halogens is 2. The molecule has 0 bridgehead atoms. The molecule has 7 heteroatoms. The third kappa shape index (κ3) is 3.11. The van der Waals surface area contributed by atoms with Crippen LogP contribution in [0.3, 0.4) is 0 Å². The van der Waals surface area contributed by atoms with Gasteiger partial charge in [0.2, 0.25) is 10.0 Å². The summed E-state index contributed by atoms with van der Waals surface area (Å²) in [5.41, 5.74) is 0. The number of aliphatic hydroxyl groups excluding tert-OH is 1. The molecule has 0 saturated carbocycles. The summed E-state index contributed by atoms with van der Waals surface area (Å²) in [5, 5.41) is 9.03. The number of rotatable bonds is 5. The van der Waals surface area contributed by atoms with Crippen molar-refractivity contribution in [2.24, 2.45) is 0 Å². The molecule has 0 heterocycles. The Balaban J connectivity index is 3.25. The molecule has 0 saturated heterocycles. The van der Waals surface area contributed by atoms with Crippen molar-refractivity contribution in [3.63, 3.8) is 0 Å². The van der Waals surface area contributed by atoms with Crippen molar-refractivity contribution in [1.29, 1.82) is 0 Å². The van der Waals surface area contributed by atoms with Crippen LogP contribution in [0.1, 0.15) is 6.92 Å². The fourth-order valence-electron chi connectivity index (χ4n) is 1.38. The first-order valence-electron chi connectivity index (χ1n) is 5.00. The van der Waals surface area contributed by atoms with E-state index in [9.17, 15) is 8.42 Å². The first kappa shape index (κ1) is 14.7. The molecular weight excluding hydrogens is 285 g/mol. The van der Waals surface area contributed by atoms with Crippen molar-refractivity contribution >= 4 is 33.2 Å². The molecule has 1 rings (SSSR count). The normalized spacial score (nSPS) is 12.1. The number of hydrogen-bond acceptors (Lipinski definition) is 3. The van der Waals surface area contributed by atoms with Crippen molar-refractivity contribution in [2.45, 2.75) is 11.8 Å². The van der Waals surface area contributed by atoms with Gasteiger partial charge in [-0.2, -0.15) is 4.31 Å². The van der Waals surface area contributed by atoms with Crippen LogP contribution in [0.2, 0.25) is 10.0 Å². The van der Waals surface area contributed by atoms with E-state index in [0.29, 0.717) is 0 Å². The van der Waals surface area contributed by atoms with Gasteiger partial charge in [0, 0.05) is 13.1 Å². The highest BCUT2D eigenvalue weighted by Crippen LogP contribution is 2.30. The quantitative estimate of drug-likeness (QED) is 0.904. The van der Waals surface area contributed by atoms with Crippen LogP contribution in [0, 0.1) is 0 Å². The Labute approximate surface area is 111 Å². The molecule has 0 atom stereocenters. The molecule has 0 aliphatic rings. The van der Waals surface area contributed by atoms with E-state index < -0.39 is 10.0 Å². The lowest BCUT2D eigenvalue weighted by Gasteiger charge is -2.20. The van der Waals surface area contributed by atoms with E-state index in [0.717, 1.165) is 4.31 Å². The largest absolute Gasteiger partial charge is 0.395 e. The highest BCUT2D eigenvalue weighted by atomic mass is 35.5. The third-order valence-electron chi connectivity index (χ3n) is 2.24. The van der Waals surface area contributed by atoms with E-state index in [-0.39, 0.29) is 34.6 Å². The topological polar surface area (TPSA) is 57.6 Å². The van der Waals surface area contributed by atoms with Gasteiger partial charge in [-0.15, -0.1) is 0 Å². The van der Waals surface area contributed by atoms with Crippen molar-refractivity contribution in [3.8, 4) is 0 Å². The predicted octanol–water partition coefficient (Wildman–Crippen LogP) is 2.00. The Hall–Kier alpha value is -0.330. The van der Waals surface area contributed by atoms with Crippen LogP contribution in [-0.4, -0.2) is 37.5 Å². The fraction of sp³-hybridized carbons (Fsp3) is 0.400. The minimum Gasteiger partial charge on any atom is -0.395 e. The van der Waals surface area contributed by atoms with Crippen molar-refractivity contribution in [1.82, 2.24) is 4.31 Å². The molecule has 0 aliphatic heterocycles. The van der Waals surface area contributed by atoms with Crippen LogP contribution in [0.4, 0.5) is 0 Å². The second-order valence-electron chi connectivity index (χ2n) is 3.27. The lowest BCUT2D eigenvalue weighted by molar-refractivity contribution is 0.257. The lowest BCUT2D eigenvalue weighted by atomic mass is 10.4. The van der Waals surface area contributed by atoms with E-state index in [2.05, 4.69) is 0 Å². The van der Waals surface area contributed by atoms with E-state index >= 15 is 0 Å². The highest BCUT2D eigenvalue weighted by molar-refractivity contribution is 7.89. The Morgan fingerprint density at radius 2 is 2.00 bits per heavy atom. The fourth-order valence-corrected chi connectivity index (χ4v) is 3.56. The van der Waals surface area contributed by atoms with Gasteiger partial charge < -0.3 is 5.11 Å². The van der Waals surface area contributed by atoms with E-state index in [1.54, 1.807) is 6.92 Å². The zero-order valence-corrected chi connectivity index (χ0v) is 11.6. The van der Waals surface area contributed by atoms with Gasteiger partial charge in [-0.05, 0) is 12.1 Å². The third-order valence-corrected chi connectivity index (χ3v) is 5.18. The number of hydrogen-bond donors (Lipinski definition) is 1. The van der Waals surface area contributed by atoms with Crippen LogP contribution >= 0.6 is 23.2 Å². The van der Waals surface area contributed by atoms with E-state index in [1.165, 1.54) is 18.2 Å². The molecule has 0 amide bonds. The van der Waals surface area contributed by atoms with Gasteiger partial charge in [0.05, 0.1) is 16.7 Å². The monoisotopic (exact) mass is 297 g/mol.